The molecule has 3 N–H and O–H groups in total. The standard InChI is InChI=1S/C25H31N3O5/c29-24(28-20-7-2-8-21(14-20)33-17-23-10-4-12-32-23)16-26-19-6-1-5-18(13-19)25(30)27-15-22-9-3-11-31-22/h1-2,5-8,13-14,22-23,26H,3-4,9-12,15-17H2,(H,27,30)(H,28,29). The molecule has 0 aromatic heterocycles. The highest BCUT2D eigenvalue weighted by molar-refractivity contribution is 5.96. The molecule has 2 atom stereocenters. The summed E-state index contributed by atoms with van der Waals surface area (Å²) < 4.78 is 16.9. The Bertz CT molecular complexity index is 939. The van der Waals surface area contributed by atoms with Crippen LogP contribution in [0.15, 0.2) is 48.5 Å². The fourth-order valence-electron chi connectivity index (χ4n) is 3.90. The number of nitrogens with one attached hydrogen (secondary N) is 3. The smallest absolute Gasteiger partial charge is 0.251 e. The van der Waals surface area contributed by atoms with E-state index in [0.29, 0.717) is 35.8 Å². The zero-order valence-electron chi connectivity index (χ0n) is 18.7. The average molecular weight is 454 g/mol. The quantitative estimate of drug-likeness (QED) is 0.511. The first-order valence-corrected chi connectivity index (χ1v) is 11.5. The molecule has 2 heterocycles. The first-order valence-electron chi connectivity index (χ1n) is 11.5. The van der Waals surface area contributed by atoms with Gasteiger partial charge < -0.3 is 30.2 Å². The van der Waals surface area contributed by atoms with Crippen molar-refractivity contribution in [1.29, 1.82) is 0 Å². The van der Waals surface area contributed by atoms with Crippen molar-refractivity contribution in [3.8, 4) is 5.75 Å². The molecule has 2 unspecified atom stereocenters. The molecule has 2 aliphatic rings. The van der Waals surface area contributed by atoms with E-state index in [1.165, 1.54) is 0 Å². The van der Waals surface area contributed by atoms with Crippen molar-refractivity contribution in [3.63, 3.8) is 0 Å². The van der Waals surface area contributed by atoms with E-state index in [9.17, 15) is 9.59 Å². The molecule has 2 saturated heterocycles. The van der Waals surface area contributed by atoms with Crippen molar-refractivity contribution in [3.05, 3.63) is 54.1 Å². The van der Waals surface area contributed by atoms with Gasteiger partial charge in [-0.25, -0.2) is 0 Å². The van der Waals surface area contributed by atoms with Crippen LogP contribution >= 0.6 is 0 Å². The van der Waals surface area contributed by atoms with Crippen LogP contribution in [0.25, 0.3) is 0 Å². The molecule has 33 heavy (non-hydrogen) atoms. The maximum atomic E-state index is 12.4. The lowest BCUT2D eigenvalue weighted by Gasteiger charge is -2.13. The highest BCUT2D eigenvalue weighted by Crippen LogP contribution is 2.20. The van der Waals surface area contributed by atoms with Gasteiger partial charge in [0, 0.05) is 42.8 Å². The number of carbonyl (C=O) groups excluding carboxylic acids is 2. The highest BCUT2D eigenvalue weighted by atomic mass is 16.5. The molecule has 0 radical (unpaired) electrons. The average Bonchev–Trinajstić information content (AvgIpc) is 3.55. The lowest BCUT2D eigenvalue weighted by molar-refractivity contribution is -0.114. The molecule has 2 amide bonds. The molecular weight excluding hydrogens is 422 g/mol. The number of rotatable bonds is 10. The van der Waals surface area contributed by atoms with Crippen LogP contribution in [0.4, 0.5) is 11.4 Å². The summed E-state index contributed by atoms with van der Waals surface area (Å²) >= 11 is 0. The van der Waals surface area contributed by atoms with Crippen molar-refractivity contribution in [1.82, 2.24) is 5.32 Å². The Morgan fingerprint density at radius 2 is 1.70 bits per heavy atom. The summed E-state index contributed by atoms with van der Waals surface area (Å²) in [5.74, 6) is 0.343. The van der Waals surface area contributed by atoms with E-state index in [1.54, 1.807) is 24.3 Å². The van der Waals surface area contributed by atoms with Gasteiger partial charge in [0.2, 0.25) is 5.91 Å². The molecule has 2 aromatic carbocycles. The minimum atomic E-state index is -0.195. The Morgan fingerprint density at radius 3 is 2.48 bits per heavy atom. The number of anilines is 2. The van der Waals surface area contributed by atoms with Crippen molar-refractivity contribution in [2.24, 2.45) is 0 Å². The van der Waals surface area contributed by atoms with E-state index in [2.05, 4.69) is 16.0 Å². The molecule has 2 fully saturated rings. The van der Waals surface area contributed by atoms with Gasteiger partial charge in [-0.1, -0.05) is 12.1 Å². The zero-order valence-corrected chi connectivity index (χ0v) is 18.7. The lowest BCUT2D eigenvalue weighted by atomic mass is 10.1. The summed E-state index contributed by atoms with van der Waals surface area (Å²) in [7, 11) is 0. The van der Waals surface area contributed by atoms with Gasteiger partial charge in [-0.15, -0.1) is 0 Å². The van der Waals surface area contributed by atoms with Crippen LogP contribution in [0.5, 0.6) is 5.75 Å². The normalized spacial score (nSPS) is 19.8. The van der Waals surface area contributed by atoms with Crippen LogP contribution in [0.1, 0.15) is 36.0 Å². The number of hydrogen-bond donors (Lipinski definition) is 3. The van der Waals surface area contributed by atoms with Gasteiger partial charge in [-0.2, -0.15) is 0 Å². The Kier molecular flexibility index (Phi) is 8.16. The molecule has 0 bridgehead atoms. The monoisotopic (exact) mass is 453 g/mol. The molecule has 8 heteroatoms. The van der Waals surface area contributed by atoms with Gasteiger partial charge in [0.1, 0.15) is 12.4 Å². The third kappa shape index (κ3) is 7.20. The first-order chi connectivity index (χ1) is 16.2. The SMILES string of the molecule is O=C(CNc1cccc(C(=O)NCC2CCCO2)c1)Nc1cccc(OCC2CCCO2)c1. The summed E-state index contributed by atoms with van der Waals surface area (Å²) in [4.78, 5) is 24.8. The zero-order chi connectivity index (χ0) is 22.9. The first kappa shape index (κ1) is 23.1. The molecule has 8 nitrogen and oxygen atoms in total. The summed E-state index contributed by atoms with van der Waals surface area (Å²) in [5.41, 5.74) is 1.90. The Balaban J connectivity index is 1.22. The minimum absolute atomic E-state index is 0.0714. The van der Waals surface area contributed by atoms with E-state index < -0.39 is 0 Å². The minimum Gasteiger partial charge on any atom is -0.491 e. The summed E-state index contributed by atoms with van der Waals surface area (Å²) in [6.07, 6.45) is 4.33. The van der Waals surface area contributed by atoms with Gasteiger partial charge in [-0.05, 0) is 56.0 Å². The largest absolute Gasteiger partial charge is 0.491 e. The molecule has 2 aromatic rings. The second-order valence-corrected chi connectivity index (χ2v) is 8.30. The number of benzene rings is 2. The van der Waals surface area contributed by atoms with Crippen molar-refractivity contribution in [2.75, 3.05) is 43.5 Å². The fourth-order valence-corrected chi connectivity index (χ4v) is 3.90. The van der Waals surface area contributed by atoms with Crippen LogP contribution in [-0.2, 0) is 14.3 Å². The Morgan fingerprint density at radius 1 is 0.939 bits per heavy atom. The fraction of sp³-hybridized carbons (Fsp3) is 0.440. The third-order valence-electron chi connectivity index (χ3n) is 5.67. The predicted molar refractivity (Wildman–Crippen MR) is 126 cm³/mol. The van der Waals surface area contributed by atoms with Gasteiger partial charge in [-0.3, -0.25) is 9.59 Å². The van der Waals surface area contributed by atoms with Gasteiger partial charge in [0.15, 0.2) is 0 Å². The van der Waals surface area contributed by atoms with Gasteiger partial charge in [0.05, 0.1) is 18.8 Å². The van der Waals surface area contributed by atoms with Gasteiger partial charge in [0.25, 0.3) is 5.91 Å². The van der Waals surface area contributed by atoms with Crippen LogP contribution < -0.4 is 20.7 Å². The predicted octanol–water partition coefficient (Wildman–Crippen LogP) is 3.20. The topological polar surface area (TPSA) is 97.9 Å². The number of carbonyl (C=O) groups is 2. The summed E-state index contributed by atoms with van der Waals surface area (Å²) in [6.45, 7) is 2.64. The van der Waals surface area contributed by atoms with Crippen LogP contribution in [0.2, 0.25) is 0 Å². The third-order valence-corrected chi connectivity index (χ3v) is 5.67. The lowest BCUT2D eigenvalue weighted by Crippen LogP contribution is -2.31. The van der Waals surface area contributed by atoms with E-state index in [4.69, 9.17) is 14.2 Å². The molecule has 0 aliphatic carbocycles. The molecule has 0 spiro atoms. The maximum Gasteiger partial charge on any atom is 0.251 e. The maximum absolute atomic E-state index is 12.4. The second-order valence-electron chi connectivity index (χ2n) is 8.30. The summed E-state index contributed by atoms with van der Waals surface area (Å²) in [5, 5.41) is 8.84. The van der Waals surface area contributed by atoms with Crippen LogP contribution in [0.3, 0.4) is 0 Å². The van der Waals surface area contributed by atoms with E-state index in [0.717, 1.165) is 38.9 Å². The second kappa shape index (κ2) is 11.7. The van der Waals surface area contributed by atoms with E-state index in [1.807, 2.05) is 24.3 Å². The van der Waals surface area contributed by atoms with Gasteiger partial charge >= 0.3 is 0 Å². The summed E-state index contributed by atoms with van der Waals surface area (Å²) in [6, 6.07) is 14.4. The molecule has 176 valence electrons. The molecule has 2 aliphatic heterocycles. The van der Waals surface area contributed by atoms with E-state index >= 15 is 0 Å². The molecule has 0 saturated carbocycles. The van der Waals surface area contributed by atoms with Crippen molar-refractivity contribution >= 4 is 23.2 Å². The Hall–Kier alpha value is -3.10. The van der Waals surface area contributed by atoms with Crippen molar-refractivity contribution < 1.29 is 23.8 Å². The number of amides is 2. The number of hydrogen-bond acceptors (Lipinski definition) is 6. The van der Waals surface area contributed by atoms with E-state index in [-0.39, 0.29) is 30.6 Å². The molecular formula is C25H31N3O5. The number of ether oxygens (including phenoxy) is 3. The molecule has 4 rings (SSSR count). The van der Waals surface area contributed by atoms with Crippen molar-refractivity contribution in [2.45, 2.75) is 37.9 Å². The Labute approximate surface area is 194 Å². The van der Waals surface area contributed by atoms with Crippen LogP contribution in [0, 0.1) is 0 Å². The van der Waals surface area contributed by atoms with Crippen LogP contribution in [-0.4, -0.2) is 56.9 Å². The highest BCUT2D eigenvalue weighted by Gasteiger charge is 2.17.